The van der Waals surface area contributed by atoms with Gasteiger partial charge in [0, 0.05) is 6.20 Å². The molecule has 0 saturated heterocycles. The van der Waals surface area contributed by atoms with E-state index in [0.29, 0.717) is 0 Å². The highest BCUT2D eigenvalue weighted by molar-refractivity contribution is 14.1. The molecule has 0 aromatic carbocycles. The largest absolute Gasteiger partial charge is 0.260 e. The molecule has 2 heteroatoms. The molecule has 1 unspecified atom stereocenters. The second kappa shape index (κ2) is 2.98. The van der Waals surface area contributed by atoms with Crippen LogP contribution >= 0.6 is 22.6 Å². The zero-order valence-corrected chi connectivity index (χ0v) is 9.34. The highest BCUT2D eigenvalue weighted by atomic mass is 127. The highest BCUT2D eigenvalue weighted by Crippen LogP contribution is 2.40. The third-order valence-corrected chi connectivity index (χ3v) is 3.53. The van der Waals surface area contributed by atoms with E-state index in [4.69, 9.17) is 0 Å². The van der Waals surface area contributed by atoms with Crippen molar-refractivity contribution in [2.45, 2.75) is 29.6 Å². The number of aromatic nitrogens is 1. The maximum absolute atomic E-state index is 4.46. The number of aryl methyl sites for hydroxylation is 1. The number of rotatable bonds is 0. The SMILES string of the molecule is CC1(I)CCCc2cccnc21. The summed E-state index contributed by atoms with van der Waals surface area (Å²) in [5, 5.41) is 0. The monoisotopic (exact) mass is 273 g/mol. The van der Waals surface area contributed by atoms with Crippen molar-refractivity contribution in [2.24, 2.45) is 0 Å². The molecule has 0 saturated carbocycles. The number of alkyl halides is 1. The molecule has 1 heterocycles. The van der Waals surface area contributed by atoms with E-state index in [2.05, 4.69) is 40.6 Å². The van der Waals surface area contributed by atoms with Crippen molar-refractivity contribution in [2.75, 3.05) is 0 Å². The summed E-state index contributed by atoms with van der Waals surface area (Å²) in [5.41, 5.74) is 2.75. The molecule has 0 amide bonds. The first-order valence-electron chi connectivity index (χ1n) is 4.33. The van der Waals surface area contributed by atoms with E-state index in [-0.39, 0.29) is 3.42 Å². The van der Waals surface area contributed by atoms with Gasteiger partial charge in [0.25, 0.3) is 0 Å². The van der Waals surface area contributed by atoms with Crippen LogP contribution in [0.15, 0.2) is 18.3 Å². The van der Waals surface area contributed by atoms with Crippen LogP contribution in [-0.4, -0.2) is 4.98 Å². The van der Waals surface area contributed by atoms with Gasteiger partial charge in [-0.15, -0.1) is 0 Å². The summed E-state index contributed by atoms with van der Waals surface area (Å²) >= 11 is 2.52. The molecular weight excluding hydrogens is 261 g/mol. The maximum Gasteiger partial charge on any atom is 0.0617 e. The molecule has 0 N–H and O–H groups in total. The van der Waals surface area contributed by atoms with Crippen LogP contribution in [0, 0.1) is 0 Å². The molecule has 0 aliphatic heterocycles. The van der Waals surface area contributed by atoms with Gasteiger partial charge in [-0.25, -0.2) is 0 Å². The second-order valence-corrected chi connectivity index (χ2v) is 5.94. The average Bonchev–Trinajstić information content (AvgIpc) is 2.04. The Balaban J connectivity index is 2.52. The summed E-state index contributed by atoms with van der Waals surface area (Å²) in [4.78, 5) is 4.46. The fraction of sp³-hybridized carbons (Fsp3) is 0.500. The van der Waals surface area contributed by atoms with Crippen molar-refractivity contribution in [1.29, 1.82) is 0 Å². The van der Waals surface area contributed by atoms with E-state index in [9.17, 15) is 0 Å². The number of halogens is 1. The summed E-state index contributed by atoms with van der Waals surface area (Å²) in [6.45, 7) is 2.28. The van der Waals surface area contributed by atoms with Crippen LogP contribution < -0.4 is 0 Å². The Labute approximate surface area is 86.7 Å². The van der Waals surface area contributed by atoms with E-state index < -0.39 is 0 Å². The lowest BCUT2D eigenvalue weighted by Crippen LogP contribution is -2.21. The predicted octanol–water partition coefficient (Wildman–Crippen LogP) is 3.07. The van der Waals surface area contributed by atoms with Crippen molar-refractivity contribution < 1.29 is 0 Å². The van der Waals surface area contributed by atoms with Gasteiger partial charge in [0.1, 0.15) is 0 Å². The molecule has 64 valence electrons. The topological polar surface area (TPSA) is 12.9 Å². The fourth-order valence-electron chi connectivity index (χ4n) is 1.84. The lowest BCUT2D eigenvalue weighted by Gasteiger charge is -2.28. The summed E-state index contributed by atoms with van der Waals surface area (Å²) in [6.07, 6.45) is 5.68. The quantitative estimate of drug-likeness (QED) is 0.523. The van der Waals surface area contributed by atoms with Crippen LogP contribution in [0.3, 0.4) is 0 Å². The minimum Gasteiger partial charge on any atom is -0.260 e. The molecule has 12 heavy (non-hydrogen) atoms. The van der Waals surface area contributed by atoms with Gasteiger partial charge in [-0.3, -0.25) is 4.98 Å². The molecule has 0 fully saturated rings. The van der Waals surface area contributed by atoms with Gasteiger partial charge >= 0.3 is 0 Å². The molecule has 1 aliphatic rings. The first-order chi connectivity index (χ1) is 5.70. The summed E-state index contributed by atoms with van der Waals surface area (Å²) in [7, 11) is 0. The average molecular weight is 273 g/mol. The number of nitrogens with zero attached hydrogens (tertiary/aromatic N) is 1. The Morgan fingerprint density at radius 2 is 2.42 bits per heavy atom. The van der Waals surface area contributed by atoms with Gasteiger partial charge in [0.2, 0.25) is 0 Å². The van der Waals surface area contributed by atoms with Gasteiger partial charge in [-0.05, 0) is 37.8 Å². The minimum absolute atomic E-state index is 0.270. The van der Waals surface area contributed by atoms with Crippen molar-refractivity contribution in [3.63, 3.8) is 0 Å². The van der Waals surface area contributed by atoms with E-state index in [1.165, 1.54) is 30.5 Å². The van der Waals surface area contributed by atoms with Gasteiger partial charge in [-0.2, -0.15) is 0 Å². The Morgan fingerprint density at radius 3 is 3.17 bits per heavy atom. The molecule has 0 bridgehead atoms. The Bertz CT molecular complexity index is 294. The van der Waals surface area contributed by atoms with Crippen molar-refractivity contribution in [3.05, 3.63) is 29.6 Å². The van der Waals surface area contributed by atoms with Crippen LogP contribution in [0.5, 0.6) is 0 Å². The summed E-state index contributed by atoms with van der Waals surface area (Å²) < 4.78 is 0.270. The molecule has 1 atom stereocenters. The second-order valence-electron chi connectivity index (χ2n) is 3.56. The van der Waals surface area contributed by atoms with Crippen LogP contribution in [0.25, 0.3) is 0 Å². The normalized spacial score (nSPS) is 28.2. The Morgan fingerprint density at radius 1 is 1.58 bits per heavy atom. The molecule has 1 aromatic rings. The standard InChI is InChI=1S/C10H12IN/c1-10(11)6-2-4-8-5-3-7-12-9(8)10/h3,5,7H,2,4,6H2,1H3. The summed E-state index contributed by atoms with van der Waals surface area (Å²) in [6, 6.07) is 4.25. The number of pyridine rings is 1. The van der Waals surface area contributed by atoms with Gasteiger partial charge in [0.15, 0.2) is 0 Å². The minimum atomic E-state index is 0.270. The van der Waals surface area contributed by atoms with Gasteiger partial charge in [0.05, 0.1) is 9.12 Å². The van der Waals surface area contributed by atoms with Crippen molar-refractivity contribution in [1.82, 2.24) is 4.98 Å². The van der Waals surface area contributed by atoms with E-state index in [1.54, 1.807) is 0 Å². The zero-order valence-electron chi connectivity index (χ0n) is 7.18. The predicted molar refractivity (Wildman–Crippen MR) is 58.5 cm³/mol. The molecular formula is C10H12IN. The van der Waals surface area contributed by atoms with E-state index in [0.717, 1.165) is 0 Å². The van der Waals surface area contributed by atoms with Crippen LogP contribution in [0.4, 0.5) is 0 Å². The molecule has 0 spiro atoms. The first kappa shape index (κ1) is 8.48. The molecule has 1 aromatic heterocycles. The highest BCUT2D eigenvalue weighted by Gasteiger charge is 2.29. The van der Waals surface area contributed by atoms with Gasteiger partial charge in [-0.1, -0.05) is 28.7 Å². The van der Waals surface area contributed by atoms with Gasteiger partial charge < -0.3 is 0 Å². The molecule has 1 nitrogen and oxygen atoms in total. The molecule has 0 radical (unpaired) electrons. The lowest BCUT2D eigenvalue weighted by molar-refractivity contribution is 0.552. The van der Waals surface area contributed by atoms with E-state index in [1.807, 2.05) is 12.3 Å². The number of fused-ring (bicyclic) bond motifs is 1. The van der Waals surface area contributed by atoms with Crippen LogP contribution in [0.2, 0.25) is 0 Å². The molecule has 1 aliphatic carbocycles. The molecule has 2 rings (SSSR count). The van der Waals surface area contributed by atoms with Crippen LogP contribution in [0.1, 0.15) is 31.0 Å². The Kier molecular flexibility index (Phi) is 2.10. The van der Waals surface area contributed by atoms with Crippen molar-refractivity contribution in [3.8, 4) is 0 Å². The number of hydrogen-bond acceptors (Lipinski definition) is 1. The smallest absolute Gasteiger partial charge is 0.0617 e. The van der Waals surface area contributed by atoms with Crippen molar-refractivity contribution >= 4 is 22.6 Å². The number of hydrogen-bond donors (Lipinski definition) is 0. The summed E-state index contributed by atoms with van der Waals surface area (Å²) in [5.74, 6) is 0. The van der Waals surface area contributed by atoms with Crippen LogP contribution in [-0.2, 0) is 9.84 Å². The first-order valence-corrected chi connectivity index (χ1v) is 5.41. The third kappa shape index (κ3) is 1.37. The third-order valence-electron chi connectivity index (χ3n) is 2.48. The fourth-order valence-corrected chi connectivity index (χ4v) is 2.71. The Hall–Kier alpha value is -0.120. The lowest BCUT2D eigenvalue weighted by atomic mass is 9.88. The van der Waals surface area contributed by atoms with E-state index >= 15 is 0 Å². The maximum atomic E-state index is 4.46. The zero-order chi connectivity index (χ0) is 8.60.